The molecule has 0 aliphatic heterocycles. The number of halogens is 1. The van der Waals surface area contributed by atoms with Crippen molar-refractivity contribution in [3.63, 3.8) is 0 Å². The predicted octanol–water partition coefficient (Wildman–Crippen LogP) is 4.73. The molecule has 0 saturated heterocycles. The zero-order valence-electron chi connectivity index (χ0n) is 10.5. The van der Waals surface area contributed by atoms with Crippen LogP contribution in [0.3, 0.4) is 0 Å². The smallest absolute Gasteiger partial charge is 0.336 e. The average Bonchev–Trinajstić information content (AvgIpc) is 2.38. The predicted molar refractivity (Wildman–Crippen MR) is 81.5 cm³/mol. The first-order valence-corrected chi connectivity index (χ1v) is 6.58. The number of benzene rings is 2. The van der Waals surface area contributed by atoms with Crippen LogP contribution in [0.25, 0.3) is 15.6 Å². The summed E-state index contributed by atoms with van der Waals surface area (Å²) in [7, 11) is 0. The van der Waals surface area contributed by atoms with Crippen LogP contribution < -0.4 is 0 Å². The highest BCUT2D eigenvalue weighted by molar-refractivity contribution is 9.15. The molecule has 0 atom stereocenters. The van der Waals surface area contributed by atoms with E-state index in [-0.39, 0.29) is 0 Å². The second-order valence-electron chi connectivity index (χ2n) is 4.29. The first kappa shape index (κ1) is 13.6. The fourth-order valence-electron chi connectivity index (χ4n) is 2.00. The summed E-state index contributed by atoms with van der Waals surface area (Å²) in [6.07, 6.45) is 0. The van der Waals surface area contributed by atoms with Crippen molar-refractivity contribution in [2.75, 3.05) is 0 Å². The van der Waals surface area contributed by atoms with Crippen LogP contribution in [-0.4, -0.2) is 11.1 Å². The zero-order valence-corrected chi connectivity index (χ0v) is 12.1. The van der Waals surface area contributed by atoms with Gasteiger partial charge in [0.15, 0.2) is 0 Å². The van der Waals surface area contributed by atoms with Crippen molar-refractivity contribution in [1.29, 1.82) is 0 Å². The molecule has 2 aromatic rings. The van der Waals surface area contributed by atoms with Gasteiger partial charge in [0.05, 0.1) is 5.56 Å². The van der Waals surface area contributed by atoms with Gasteiger partial charge in [0.1, 0.15) is 0 Å². The molecular weight excluding hydrogens is 304 g/mol. The van der Waals surface area contributed by atoms with Crippen molar-refractivity contribution < 1.29 is 9.90 Å². The molecule has 0 fully saturated rings. The minimum atomic E-state index is -0.926. The van der Waals surface area contributed by atoms with E-state index in [1.807, 2.05) is 37.3 Å². The van der Waals surface area contributed by atoms with Crippen LogP contribution in [0, 0.1) is 6.92 Å². The molecule has 0 radical (unpaired) electrons. The Morgan fingerprint density at radius 1 is 1.16 bits per heavy atom. The lowest BCUT2D eigenvalue weighted by molar-refractivity contribution is 0.0698. The van der Waals surface area contributed by atoms with E-state index in [4.69, 9.17) is 0 Å². The minimum absolute atomic E-state index is 0.298. The van der Waals surface area contributed by atoms with E-state index in [0.717, 1.165) is 21.2 Å². The quantitative estimate of drug-likeness (QED) is 0.889. The molecule has 0 unspecified atom stereocenters. The summed E-state index contributed by atoms with van der Waals surface area (Å²) in [4.78, 5) is 11.4. The van der Waals surface area contributed by atoms with Crippen molar-refractivity contribution in [1.82, 2.24) is 0 Å². The Balaban J connectivity index is 2.72. The maximum Gasteiger partial charge on any atom is 0.336 e. The number of hydrogen-bond donors (Lipinski definition) is 1. The topological polar surface area (TPSA) is 37.3 Å². The van der Waals surface area contributed by atoms with Crippen molar-refractivity contribution in [2.24, 2.45) is 0 Å². The lowest BCUT2D eigenvalue weighted by Gasteiger charge is -2.11. The molecule has 0 aromatic heterocycles. The van der Waals surface area contributed by atoms with Crippen molar-refractivity contribution in [3.05, 3.63) is 65.7 Å². The van der Waals surface area contributed by atoms with Gasteiger partial charge in [-0.25, -0.2) is 4.79 Å². The molecule has 2 aromatic carbocycles. The molecule has 0 heterocycles. The number of hydrogen-bond acceptors (Lipinski definition) is 1. The van der Waals surface area contributed by atoms with Gasteiger partial charge in [-0.3, -0.25) is 0 Å². The second kappa shape index (κ2) is 5.41. The molecule has 19 heavy (non-hydrogen) atoms. The Kier molecular flexibility index (Phi) is 3.86. The maximum atomic E-state index is 11.4. The van der Waals surface area contributed by atoms with Gasteiger partial charge in [0.25, 0.3) is 0 Å². The van der Waals surface area contributed by atoms with E-state index in [1.54, 1.807) is 12.1 Å². The van der Waals surface area contributed by atoms with Gasteiger partial charge in [0.2, 0.25) is 0 Å². The highest BCUT2D eigenvalue weighted by Gasteiger charge is 2.14. The van der Waals surface area contributed by atoms with Gasteiger partial charge in [-0.2, -0.15) is 0 Å². The van der Waals surface area contributed by atoms with Crippen LogP contribution in [0.2, 0.25) is 0 Å². The van der Waals surface area contributed by atoms with Crippen LogP contribution in [0.5, 0.6) is 0 Å². The normalized spacial score (nSPS) is 10.2. The summed E-state index contributed by atoms with van der Waals surface area (Å²) in [5.41, 5.74) is 3.86. The van der Waals surface area contributed by atoms with Crippen LogP contribution in [-0.2, 0) is 0 Å². The van der Waals surface area contributed by atoms with Crippen molar-refractivity contribution >= 4 is 26.4 Å². The van der Waals surface area contributed by atoms with Gasteiger partial charge in [-0.15, -0.1) is 0 Å². The SMILES string of the molecule is C=C(Br)c1ccc(C(=O)O)c(-c2ccccc2C)c1. The molecule has 2 nitrogen and oxygen atoms in total. The third-order valence-electron chi connectivity index (χ3n) is 3.00. The van der Waals surface area contributed by atoms with E-state index < -0.39 is 5.97 Å². The number of rotatable bonds is 3. The Labute approximate surface area is 120 Å². The van der Waals surface area contributed by atoms with Gasteiger partial charge in [0, 0.05) is 4.48 Å². The first-order valence-electron chi connectivity index (χ1n) is 5.79. The molecule has 0 amide bonds. The summed E-state index contributed by atoms with van der Waals surface area (Å²) in [5.74, 6) is -0.926. The van der Waals surface area contributed by atoms with Gasteiger partial charge in [-0.05, 0) is 41.3 Å². The molecule has 0 spiro atoms. The maximum absolute atomic E-state index is 11.4. The van der Waals surface area contributed by atoms with Crippen LogP contribution in [0.1, 0.15) is 21.5 Å². The number of aryl methyl sites for hydroxylation is 1. The molecule has 3 heteroatoms. The molecule has 0 aliphatic rings. The summed E-state index contributed by atoms with van der Waals surface area (Å²) in [6, 6.07) is 13.0. The second-order valence-corrected chi connectivity index (χ2v) is 5.24. The van der Waals surface area contributed by atoms with Gasteiger partial charge in [-0.1, -0.05) is 52.8 Å². The van der Waals surface area contributed by atoms with Crippen LogP contribution in [0.15, 0.2) is 49.0 Å². The molecule has 2 rings (SSSR count). The Hall–Kier alpha value is -1.87. The lowest BCUT2D eigenvalue weighted by atomic mass is 9.94. The van der Waals surface area contributed by atoms with Crippen LogP contribution in [0.4, 0.5) is 0 Å². The van der Waals surface area contributed by atoms with Crippen molar-refractivity contribution in [2.45, 2.75) is 6.92 Å². The number of aromatic carboxylic acids is 1. The van der Waals surface area contributed by atoms with E-state index in [9.17, 15) is 9.90 Å². The molecule has 0 saturated carbocycles. The zero-order chi connectivity index (χ0) is 14.0. The number of carboxylic acid groups (broad SMARTS) is 1. The van der Waals surface area contributed by atoms with E-state index in [2.05, 4.69) is 22.5 Å². The summed E-state index contributed by atoms with van der Waals surface area (Å²) >= 11 is 3.33. The van der Waals surface area contributed by atoms with E-state index >= 15 is 0 Å². The number of carboxylic acids is 1. The Bertz CT molecular complexity index is 660. The first-order chi connectivity index (χ1) is 9.00. The summed E-state index contributed by atoms with van der Waals surface area (Å²) in [5, 5.41) is 9.31. The minimum Gasteiger partial charge on any atom is -0.478 e. The largest absolute Gasteiger partial charge is 0.478 e. The lowest BCUT2D eigenvalue weighted by Crippen LogP contribution is -2.01. The third-order valence-corrected chi connectivity index (χ3v) is 3.46. The van der Waals surface area contributed by atoms with E-state index in [1.165, 1.54) is 0 Å². The summed E-state index contributed by atoms with van der Waals surface area (Å²) in [6.45, 7) is 5.80. The molecule has 96 valence electrons. The molecule has 0 aliphatic carbocycles. The Morgan fingerprint density at radius 2 is 1.84 bits per heavy atom. The van der Waals surface area contributed by atoms with Gasteiger partial charge >= 0.3 is 5.97 Å². The van der Waals surface area contributed by atoms with Gasteiger partial charge < -0.3 is 5.11 Å². The standard InChI is InChI=1S/C16H13BrO2/c1-10-5-3-4-6-13(10)15-9-12(11(2)17)7-8-14(15)16(18)19/h3-9H,2H2,1H3,(H,18,19). The van der Waals surface area contributed by atoms with E-state index in [0.29, 0.717) is 11.1 Å². The fourth-order valence-corrected chi connectivity index (χ4v) is 2.24. The monoisotopic (exact) mass is 316 g/mol. The molecular formula is C16H13BrO2. The van der Waals surface area contributed by atoms with Crippen molar-refractivity contribution in [3.8, 4) is 11.1 Å². The summed E-state index contributed by atoms with van der Waals surface area (Å²) < 4.78 is 0.735. The highest BCUT2D eigenvalue weighted by Crippen LogP contribution is 2.31. The molecule has 1 N–H and O–H groups in total. The van der Waals surface area contributed by atoms with Crippen LogP contribution >= 0.6 is 15.9 Å². The Morgan fingerprint density at radius 3 is 2.42 bits per heavy atom. The third kappa shape index (κ3) is 2.76. The average molecular weight is 317 g/mol. The molecule has 0 bridgehead atoms. The number of carbonyl (C=O) groups is 1. The highest BCUT2D eigenvalue weighted by atomic mass is 79.9. The fraction of sp³-hybridized carbons (Fsp3) is 0.0625.